The van der Waals surface area contributed by atoms with Gasteiger partial charge in [-0.1, -0.05) is 32.6 Å². The van der Waals surface area contributed by atoms with Crippen LogP contribution in [-0.2, 0) is 0 Å². The molecule has 1 aliphatic rings. The van der Waals surface area contributed by atoms with E-state index in [4.69, 9.17) is 0 Å². The van der Waals surface area contributed by atoms with E-state index in [0.717, 1.165) is 25.3 Å². The molecule has 19 heavy (non-hydrogen) atoms. The largest absolute Gasteiger partial charge is 0.393 e. The highest BCUT2D eigenvalue weighted by molar-refractivity contribution is 5.73. The molecule has 0 spiro atoms. The molecule has 1 aliphatic carbocycles. The first-order valence-corrected chi connectivity index (χ1v) is 7.77. The molecular weight excluding hydrogens is 240 g/mol. The summed E-state index contributed by atoms with van der Waals surface area (Å²) in [4.78, 5) is 11.5. The van der Waals surface area contributed by atoms with Gasteiger partial charge in [0.2, 0.25) is 0 Å². The maximum absolute atomic E-state index is 11.5. The molecule has 2 unspecified atom stereocenters. The summed E-state index contributed by atoms with van der Waals surface area (Å²) in [6.07, 6.45) is 8.29. The van der Waals surface area contributed by atoms with Crippen molar-refractivity contribution in [1.82, 2.24) is 10.6 Å². The van der Waals surface area contributed by atoms with Crippen molar-refractivity contribution < 1.29 is 9.90 Å². The van der Waals surface area contributed by atoms with Gasteiger partial charge in [0.25, 0.3) is 0 Å². The van der Waals surface area contributed by atoms with Gasteiger partial charge in [-0.05, 0) is 38.0 Å². The molecule has 4 nitrogen and oxygen atoms in total. The molecule has 0 aliphatic heterocycles. The smallest absolute Gasteiger partial charge is 0.314 e. The Kier molecular flexibility index (Phi) is 7.87. The number of hydrogen-bond acceptors (Lipinski definition) is 2. The fraction of sp³-hybridized carbons (Fsp3) is 0.933. The summed E-state index contributed by atoms with van der Waals surface area (Å²) in [5.74, 6) is 1.21. The number of amides is 2. The molecule has 0 heterocycles. The molecule has 1 rings (SSSR count). The predicted molar refractivity (Wildman–Crippen MR) is 78.1 cm³/mol. The summed E-state index contributed by atoms with van der Waals surface area (Å²) in [5.41, 5.74) is 0. The van der Waals surface area contributed by atoms with Crippen molar-refractivity contribution in [2.75, 3.05) is 13.1 Å². The Hall–Kier alpha value is -0.770. The molecule has 3 N–H and O–H groups in total. The van der Waals surface area contributed by atoms with E-state index >= 15 is 0 Å². The van der Waals surface area contributed by atoms with E-state index in [9.17, 15) is 9.90 Å². The van der Waals surface area contributed by atoms with Gasteiger partial charge in [-0.2, -0.15) is 0 Å². The average Bonchev–Trinajstić information content (AvgIpc) is 2.84. The highest BCUT2D eigenvalue weighted by atomic mass is 16.3. The second-order valence-electron chi connectivity index (χ2n) is 6.12. The standard InChI is InChI=1S/C15H30N2O2/c1-12(10-13(2)18)11-17-15(19)16-9-5-8-14-6-3-4-7-14/h12-14,18H,3-11H2,1-2H3,(H2,16,17,19). The van der Waals surface area contributed by atoms with Gasteiger partial charge in [0.1, 0.15) is 0 Å². The first kappa shape index (κ1) is 16.3. The molecule has 2 amide bonds. The lowest BCUT2D eigenvalue weighted by Crippen LogP contribution is -2.38. The lowest BCUT2D eigenvalue weighted by atomic mass is 10.0. The van der Waals surface area contributed by atoms with Crippen LogP contribution in [0.1, 0.15) is 58.8 Å². The van der Waals surface area contributed by atoms with Crippen molar-refractivity contribution in [2.24, 2.45) is 11.8 Å². The van der Waals surface area contributed by atoms with E-state index in [1.54, 1.807) is 6.92 Å². The number of aliphatic hydroxyl groups is 1. The van der Waals surface area contributed by atoms with Gasteiger partial charge in [-0.25, -0.2) is 4.79 Å². The van der Waals surface area contributed by atoms with Crippen LogP contribution in [-0.4, -0.2) is 30.3 Å². The Labute approximate surface area is 117 Å². The molecule has 2 atom stereocenters. The molecule has 0 aromatic carbocycles. The number of hydrogen-bond donors (Lipinski definition) is 3. The van der Waals surface area contributed by atoms with Crippen molar-refractivity contribution in [3.8, 4) is 0 Å². The number of aliphatic hydroxyl groups excluding tert-OH is 1. The second kappa shape index (κ2) is 9.18. The first-order chi connectivity index (χ1) is 9.08. The molecule has 0 bridgehead atoms. The number of carbonyl (C=O) groups excluding carboxylic acids is 1. The normalized spacial score (nSPS) is 19.1. The highest BCUT2D eigenvalue weighted by Gasteiger charge is 2.14. The van der Waals surface area contributed by atoms with Crippen molar-refractivity contribution in [3.05, 3.63) is 0 Å². The van der Waals surface area contributed by atoms with Crippen molar-refractivity contribution in [2.45, 2.75) is 64.9 Å². The number of rotatable bonds is 8. The highest BCUT2D eigenvalue weighted by Crippen LogP contribution is 2.28. The minimum absolute atomic E-state index is 0.0798. The quantitative estimate of drug-likeness (QED) is 0.594. The van der Waals surface area contributed by atoms with E-state index in [2.05, 4.69) is 10.6 Å². The first-order valence-electron chi connectivity index (χ1n) is 7.77. The Morgan fingerprint density at radius 3 is 2.58 bits per heavy atom. The molecule has 112 valence electrons. The van der Waals surface area contributed by atoms with Crippen molar-refractivity contribution in [1.29, 1.82) is 0 Å². The summed E-state index contributed by atoms with van der Waals surface area (Å²) < 4.78 is 0. The Bertz CT molecular complexity index is 251. The van der Waals surface area contributed by atoms with Gasteiger partial charge in [0.05, 0.1) is 6.10 Å². The maximum Gasteiger partial charge on any atom is 0.314 e. The fourth-order valence-corrected chi connectivity index (χ4v) is 2.89. The van der Waals surface area contributed by atoms with Crippen LogP contribution in [0.15, 0.2) is 0 Å². The second-order valence-corrected chi connectivity index (χ2v) is 6.12. The number of carbonyl (C=O) groups is 1. The lowest BCUT2D eigenvalue weighted by molar-refractivity contribution is 0.163. The molecule has 0 aromatic rings. The zero-order valence-corrected chi connectivity index (χ0v) is 12.5. The molecule has 0 saturated heterocycles. The van der Waals surface area contributed by atoms with Gasteiger partial charge < -0.3 is 15.7 Å². The summed E-state index contributed by atoms with van der Waals surface area (Å²) in [5, 5.41) is 15.0. The van der Waals surface area contributed by atoms with Crippen LogP contribution in [0.3, 0.4) is 0 Å². The van der Waals surface area contributed by atoms with Gasteiger partial charge in [-0.15, -0.1) is 0 Å². The zero-order chi connectivity index (χ0) is 14.1. The van der Waals surface area contributed by atoms with Crippen LogP contribution < -0.4 is 10.6 Å². The van der Waals surface area contributed by atoms with Crippen LogP contribution in [0.25, 0.3) is 0 Å². The monoisotopic (exact) mass is 270 g/mol. The predicted octanol–water partition coefficient (Wildman–Crippen LogP) is 2.66. The Morgan fingerprint density at radius 2 is 1.95 bits per heavy atom. The number of nitrogens with one attached hydrogen (secondary N) is 2. The van der Waals surface area contributed by atoms with Crippen molar-refractivity contribution in [3.63, 3.8) is 0 Å². The van der Waals surface area contributed by atoms with E-state index in [1.165, 1.54) is 32.1 Å². The van der Waals surface area contributed by atoms with E-state index < -0.39 is 0 Å². The van der Waals surface area contributed by atoms with Crippen LogP contribution in [0.4, 0.5) is 4.79 Å². The van der Waals surface area contributed by atoms with E-state index in [-0.39, 0.29) is 12.1 Å². The summed E-state index contributed by atoms with van der Waals surface area (Å²) in [7, 11) is 0. The van der Waals surface area contributed by atoms with Gasteiger partial charge in [-0.3, -0.25) is 0 Å². The Balaban J connectivity index is 1.95. The molecule has 4 heteroatoms. The van der Waals surface area contributed by atoms with Crippen LogP contribution in [0.5, 0.6) is 0 Å². The third-order valence-electron chi connectivity index (χ3n) is 3.90. The molecule has 1 fully saturated rings. The average molecular weight is 270 g/mol. The maximum atomic E-state index is 11.5. The van der Waals surface area contributed by atoms with Gasteiger partial charge in [0.15, 0.2) is 0 Å². The van der Waals surface area contributed by atoms with E-state index in [1.807, 2.05) is 6.92 Å². The van der Waals surface area contributed by atoms with Crippen LogP contribution >= 0.6 is 0 Å². The minimum Gasteiger partial charge on any atom is -0.393 e. The van der Waals surface area contributed by atoms with Crippen molar-refractivity contribution >= 4 is 6.03 Å². The number of urea groups is 1. The summed E-state index contributed by atoms with van der Waals surface area (Å²) in [6.45, 7) is 5.21. The minimum atomic E-state index is -0.300. The summed E-state index contributed by atoms with van der Waals surface area (Å²) >= 11 is 0. The molecule has 0 radical (unpaired) electrons. The molecule has 1 saturated carbocycles. The summed E-state index contributed by atoms with van der Waals surface area (Å²) in [6, 6.07) is -0.0798. The fourth-order valence-electron chi connectivity index (χ4n) is 2.89. The molecule has 0 aromatic heterocycles. The Morgan fingerprint density at radius 1 is 1.26 bits per heavy atom. The molecular formula is C15H30N2O2. The van der Waals surface area contributed by atoms with Gasteiger partial charge >= 0.3 is 6.03 Å². The zero-order valence-electron chi connectivity index (χ0n) is 12.5. The SMILES string of the molecule is CC(O)CC(C)CNC(=O)NCCCC1CCCC1. The van der Waals surface area contributed by atoms with Gasteiger partial charge in [0, 0.05) is 13.1 Å². The van der Waals surface area contributed by atoms with E-state index in [0.29, 0.717) is 12.5 Å². The third kappa shape index (κ3) is 8.09. The third-order valence-corrected chi connectivity index (χ3v) is 3.90. The van der Waals surface area contributed by atoms with Crippen LogP contribution in [0, 0.1) is 11.8 Å². The lowest BCUT2D eigenvalue weighted by Gasteiger charge is -2.15. The topological polar surface area (TPSA) is 61.4 Å². The van der Waals surface area contributed by atoms with Crippen LogP contribution in [0.2, 0.25) is 0 Å².